The molecule has 0 heterocycles. The van der Waals surface area contributed by atoms with E-state index in [0.717, 1.165) is 24.0 Å². The van der Waals surface area contributed by atoms with E-state index < -0.39 is 5.97 Å². The fourth-order valence-corrected chi connectivity index (χ4v) is 2.81. The van der Waals surface area contributed by atoms with E-state index in [0.29, 0.717) is 18.9 Å². The first-order chi connectivity index (χ1) is 9.65. The van der Waals surface area contributed by atoms with E-state index in [1.54, 1.807) is 6.07 Å². The minimum Gasteiger partial charge on any atom is -0.481 e. The largest absolute Gasteiger partial charge is 0.481 e. The zero-order valence-electron chi connectivity index (χ0n) is 11.6. The standard InChI is InChI=1S/C16H21NO3/c18-15(9-12-5-1-2-6-12)17-11-14-8-4-3-7-13(14)10-16(19)20/h3-4,7-8,12H,1-2,5-6,9-11H2,(H,17,18)(H,19,20). The first-order valence-corrected chi connectivity index (χ1v) is 7.20. The molecule has 0 radical (unpaired) electrons. The second-order valence-electron chi connectivity index (χ2n) is 5.47. The molecular formula is C16H21NO3. The van der Waals surface area contributed by atoms with Gasteiger partial charge in [0.2, 0.25) is 5.91 Å². The van der Waals surface area contributed by atoms with Crippen LogP contribution in [0.3, 0.4) is 0 Å². The van der Waals surface area contributed by atoms with Gasteiger partial charge in [0.25, 0.3) is 0 Å². The van der Waals surface area contributed by atoms with Crippen LogP contribution in [0.5, 0.6) is 0 Å². The number of carboxylic acid groups (broad SMARTS) is 1. The summed E-state index contributed by atoms with van der Waals surface area (Å²) >= 11 is 0. The van der Waals surface area contributed by atoms with Crippen molar-refractivity contribution in [3.63, 3.8) is 0 Å². The van der Waals surface area contributed by atoms with Crippen molar-refractivity contribution in [2.24, 2.45) is 5.92 Å². The fraction of sp³-hybridized carbons (Fsp3) is 0.500. The van der Waals surface area contributed by atoms with Crippen molar-refractivity contribution in [1.29, 1.82) is 0 Å². The molecule has 1 saturated carbocycles. The minimum atomic E-state index is -0.852. The third-order valence-corrected chi connectivity index (χ3v) is 3.88. The normalized spacial score (nSPS) is 15.2. The second kappa shape index (κ2) is 7.08. The molecule has 4 nitrogen and oxygen atoms in total. The van der Waals surface area contributed by atoms with E-state index in [1.807, 2.05) is 18.2 Å². The molecule has 0 saturated heterocycles. The number of nitrogens with one attached hydrogen (secondary N) is 1. The molecule has 0 spiro atoms. The Labute approximate surface area is 119 Å². The maximum absolute atomic E-state index is 11.9. The van der Waals surface area contributed by atoms with Crippen molar-refractivity contribution in [3.8, 4) is 0 Å². The van der Waals surface area contributed by atoms with Gasteiger partial charge in [-0.3, -0.25) is 9.59 Å². The summed E-state index contributed by atoms with van der Waals surface area (Å²) in [6.45, 7) is 0.412. The zero-order chi connectivity index (χ0) is 14.4. The Kier molecular flexibility index (Phi) is 5.16. The fourth-order valence-electron chi connectivity index (χ4n) is 2.81. The Morgan fingerprint density at radius 3 is 2.45 bits per heavy atom. The predicted octanol–water partition coefficient (Wildman–Crippen LogP) is 2.51. The highest BCUT2D eigenvalue weighted by Crippen LogP contribution is 2.27. The number of benzene rings is 1. The molecular weight excluding hydrogens is 254 g/mol. The molecule has 108 valence electrons. The molecule has 0 unspecified atom stereocenters. The SMILES string of the molecule is O=C(O)Cc1ccccc1CNC(=O)CC1CCCC1. The van der Waals surface area contributed by atoms with Gasteiger partial charge >= 0.3 is 5.97 Å². The molecule has 0 aliphatic heterocycles. The first-order valence-electron chi connectivity index (χ1n) is 7.20. The number of amides is 1. The summed E-state index contributed by atoms with van der Waals surface area (Å²) in [4.78, 5) is 22.7. The van der Waals surface area contributed by atoms with Crippen molar-refractivity contribution in [2.75, 3.05) is 0 Å². The van der Waals surface area contributed by atoms with Crippen LogP contribution in [-0.4, -0.2) is 17.0 Å². The number of hydrogen-bond donors (Lipinski definition) is 2. The van der Waals surface area contributed by atoms with Gasteiger partial charge in [-0.05, 0) is 29.9 Å². The molecule has 1 aromatic rings. The Morgan fingerprint density at radius 2 is 1.80 bits per heavy atom. The van der Waals surface area contributed by atoms with E-state index >= 15 is 0 Å². The summed E-state index contributed by atoms with van der Waals surface area (Å²) in [5.41, 5.74) is 1.65. The van der Waals surface area contributed by atoms with Crippen LogP contribution < -0.4 is 5.32 Å². The molecule has 2 rings (SSSR count). The molecule has 1 aliphatic rings. The molecule has 1 amide bonds. The average molecular weight is 275 g/mol. The maximum Gasteiger partial charge on any atom is 0.307 e. The van der Waals surface area contributed by atoms with Crippen molar-refractivity contribution >= 4 is 11.9 Å². The molecule has 0 atom stereocenters. The molecule has 0 bridgehead atoms. The van der Waals surface area contributed by atoms with Gasteiger partial charge in [0.1, 0.15) is 0 Å². The molecule has 1 fully saturated rings. The number of carbonyl (C=O) groups excluding carboxylic acids is 1. The van der Waals surface area contributed by atoms with Crippen molar-refractivity contribution in [1.82, 2.24) is 5.32 Å². The van der Waals surface area contributed by atoms with E-state index in [2.05, 4.69) is 5.32 Å². The van der Waals surface area contributed by atoms with E-state index in [-0.39, 0.29) is 12.3 Å². The van der Waals surface area contributed by atoms with Gasteiger partial charge in [0.15, 0.2) is 0 Å². The molecule has 1 aliphatic carbocycles. The van der Waals surface area contributed by atoms with Gasteiger partial charge in [-0.1, -0.05) is 37.1 Å². The summed E-state index contributed by atoms with van der Waals surface area (Å²) in [5, 5.41) is 11.8. The smallest absolute Gasteiger partial charge is 0.307 e. The first kappa shape index (κ1) is 14.6. The highest BCUT2D eigenvalue weighted by molar-refractivity contribution is 5.76. The van der Waals surface area contributed by atoms with Crippen molar-refractivity contribution in [3.05, 3.63) is 35.4 Å². The highest BCUT2D eigenvalue weighted by atomic mass is 16.4. The quantitative estimate of drug-likeness (QED) is 0.838. The van der Waals surface area contributed by atoms with Gasteiger partial charge in [-0.25, -0.2) is 0 Å². The number of carboxylic acids is 1. The van der Waals surface area contributed by atoms with Crippen molar-refractivity contribution in [2.45, 2.75) is 45.1 Å². The molecule has 20 heavy (non-hydrogen) atoms. The second-order valence-corrected chi connectivity index (χ2v) is 5.47. The third kappa shape index (κ3) is 4.37. The summed E-state index contributed by atoms with van der Waals surface area (Å²) in [6, 6.07) is 7.35. The summed E-state index contributed by atoms with van der Waals surface area (Å²) in [7, 11) is 0. The van der Waals surface area contributed by atoms with Gasteiger partial charge in [0.05, 0.1) is 6.42 Å². The predicted molar refractivity (Wildman–Crippen MR) is 76.2 cm³/mol. The Morgan fingerprint density at radius 1 is 1.15 bits per heavy atom. The molecule has 4 heteroatoms. The topological polar surface area (TPSA) is 66.4 Å². The van der Waals surface area contributed by atoms with Crippen LogP contribution in [0.1, 0.15) is 43.2 Å². The summed E-state index contributed by atoms with van der Waals surface area (Å²) < 4.78 is 0. The van der Waals surface area contributed by atoms with Crippen LogP contribution in [0.15, 0.2) is 24.3 Å². The monoisotopic (exact) mass is 275 g/mol. The lowest BCUT2D eigenvalue weighted by Crippen LogP contribution is -2.25. The van der Waals surface area contributed by atoms with Crippen LogP contribution in [0, 0.1) is 5.92 Å². The zero-order valence-corrected chi connectivity index (χ0v) is 11.6. The van der Waals surface area contributed by atoms with Gasteiger partial charge in [-0.2, -0.15) is 0 Å². The number of hydrogen-bond acceptors (Lipinski definition) is 2. The Hall–Kier alpha value is -1.84. The van der Waals surface area contributed by atoms with E-state index in [9.17, 15) is 9.59 Å². The lowest BCUT2D eigenvalue weighted by atomic mass is 10.0. The maximum atomic E-state index is 11.9. The van der Waals surface area contributed by atoms with Gasteiger partial charge < -0.3 is 10.4 Å². The minimum absolute atomic E-state index is 0.00529. The van der Waals surface area contributed by atoms with Gasteiger partial charge in [-0.15, -0.1) is 0 Å². The van der Waals surface area contributed by atoms with Crippen LogP contribution in [0.25, 0.3) is 0 Å². The van der Waals surface area contributed by atoms with Crippen LogP contribution in [0.4, 0.5) is 0 Å². The lowest BCUT2D eigenvalue weighted by Gasteiger charge is -2.11. The van der Waals surface area contributed by atoms with Gasteiger partial charge in [0, 0.05) is 13.0 Å². The van der Waals surface area contributed by atoms with Crippen LogP contribution in [0.2, 0.25) is 0 Å². The average Bonchev–Trinajstić information content (AvgIpc) is 2.90. The number of rotatable bonds is 6. The Balaban J connectivity index is 1.86. The lowest BCUT2D eigenvalue weighted by molar-refractivity contribution is -0.136. The van der Waals surface area contributed by atoms with E-state index in [4.69, 9.17) is 5.11 Å². The van der Waals surface area contributed by atoms with E-state index in [1.165, 1.54) is 12.8 Å². The third-order valence-electron chi connectivity index (χ3n) is 3.88. The molecule has 1 aromatic carbocycles. The Bertz CT molecular complexity index is 478. The number of aliphatic carboxylic acids is 1. The summed E-state index contributed by atoms with van der Waals surface area (Å²) in [5.74, 6) is -0.249. The van der Waals surface area contributed by atoms with Crippen molar-refractivity contribution < 1.29 is 14.7 Å². The van der Waals surface area contributed by atoms with Crippen LogP contribution in [-0.2, 0) is 22.6 Å². The summed E-state index contributed by atoms with van der Waals surface area (Å²) in [6.07, 6.45) is 5.38. The molecule has 0 aromatic heterocycles. The number of carbonyl (C=O) groups is 2. The van der Waals surface area contributed by atoms with Crippen LogP contribution >= 0.6 is 0 Å². The highest BCUT2D eigenvalue weighted by Gasteiger charge is 2.18. The molecule has 2 N–H and O–H groups in total.